The minimum atomic E-state index is -0.639. The van der Waals surface area contributed by atoms with Crippen molar-refractivity contribution in [1.29, 1.82) is 0 Å². The molecule has 1 amide bonds. The van der Waals surface area contributed by atoms with Crippen molar-refractivity contribution in [2.75, 3.05) is 5.75 Å². The third kappa shape index (κ3) is 5.65. The van der Waals surface area contributed by atoms with E-state index in [1.54, 1.807) is 20.8 Å². The Bertz CT molecular complexity index is 424. The molecule has 19 heavy (non-hydrogen) atoms. The molecule has 1 rings (SSSR count). The number of hydrogen-bond donors (Lipinski definition) is 1. The maximum atomic E-state index is 12.0. The number of rotatable bonds is 4. The molecule has 0 aliphatic heterocycles. The van der Waals surface area contributed by atoms with Crippen molar-refractivity contribution in [3.63, 3.8) is 0 Å². The predicted molar refractivity (Wildman–Crippen MR) is 79.6 cm³/mol. The van der Waals surface area contributed by atoms with Crippen LogP contribution in [0.2, 0.25) is 0 Å². The zero-order valence-electron chi connectivity index (χ0n) is 11.6. The first-order valence-corrected chi connectivity index (χ1v) is 7.89. The molecule has 0 fully saturated rings. The third-order valence-electron chi connectivity index (χ3n) is 2.01. The quantitative estimate of drug-likeness (QED) is 0.923. The normalized spacial score (nSPS) is 12.8. The van der Waals surface area contributed by atoms with Gasteiger partial charge in [-0.2, -0.15) is 0 Å². The smallest absolute Gasteiger partial charge is 0.408 e. The Hall–Kier alpha value is -1.01. The van der Waals surface area contributed by atoms with E-state index in [0.29, 0.717) is 5.75 Å². The first kappa shape index (κ1) is 16.0. The Morgan fingerprint density at radius 2 is 2.16 bits per heavy atom. The number of hydrogen-bond acceptors (Lipinski definition) is 5. The molecule has 1 aromatic heterocycles. The number of carbonyl (C=O) groups excluding carboxylic acids is 2. The summed E-state index contributed by atoms with van der Waals surface area (Å²) in [4.78, 5) is 24.6. The second-order valence-electron chi connectivity index (χ2n) is 4.85. The van der Waals surface area contributed by atoms with E-state index in [0.717, 1.165) is 4.88 Å². The van der Waals surface area contributed by atoms with Crippen LogP contribution in [-0.2, 0) is 9.53 Å². The van der Waals surface area contributed by atoms with Gasteiger partial charge in [-0.05, 0) is 38.0 Å². The molecular formula is C13H19NO3S2. The van der Waals surface area contributed by atoms with Crippen LogP contribution in [0.15, 0.2) is 17.5 Å². The highest BCUT2D eigenvalue weighted by Crippen LogP contribution is 2.24. The Labute approximate surface area is 121 Å². The lowest BCUT2D eigenvalue weighted by molar-refractivity contribution is -0.112. The molecule has 1 unspecified atom stereocenters. The summed E-state index contributed by atoms with van der Waals surface area (Å²) in [6, 6.07) is 3.05. The van der Waals surface area contributed by atoms with Crippen LogP contribution < -0.4 is 5.32 Å². The van der Waals surface area contributed by atoms with Gasteiger partial charge < -0.3 is 10.1 Å². The molecule has 6 heteroatoms. The summed E-state index contributed by atoms with van der Waals surface area (Å²) >= 11 is 2.64. The van der Waals surface area contributed by atoms with Gasteiger partial charge in [0.15, 0.2) is 0 Å². The van der Waals surface area contributed by atoms with E-state index in [-0.39, 0.29) is 5.12 Å². The summed E-state index contributed by atoms with van der Waals surface area (Å²) in [6.07, 6.45) is -0.573. The topological polar surface area (TPSA) is 55.4 Å². The van der Waals surface area contributed by atoms with Gasteiger partial charge >= 0.3 is 6.09 Å². The number of nitrogens with one attached hydrogen (secondary N) is 1. The Balaban J connectivity index is 2.76. The van der Waals surface area contributed by atoms with E-state index in [9.17, 15) is 9.59 Å². The van der Waals surface area contributed by atoms with E-state index >= 15 is 0 Å². The molecule has 1 N–H and O–H groups in total. The molecule has 0 saturated heterocycles. The number of ether oxygens (including phenoxy) is 1. The fraction of sp³-hybridized carbons (Fsp3) is 0.538. The van der Waals surface area contributed by atoms with Crippen LogP contribution >= 0.6 is 23.1 Å². The molecule has 0 bridgehead atoms. The lowest BCUT2D eigenvalue weighted by atomic mass is 10.2. The van der Waals surface area contributed by atoms with Gasteiger partial charge in [0.2, 0.25) is 5.12 Å². The van der Waals surface area contributed by atoms with Gasteiger partial charge in [-0.1, -0.05) is 24.8 Å². The minimum Gasteiger partial charge on any atom is -0.444 e. The summed E-state index contributed by atoms with van der Waals surface area (Å²) in [6.45, 7) is 7.27. The first-order valence-electron chi connectivity index (χ1n) is 6.03. The average Bonchev–Trinajstić information content (AvgIpc) is 2.76. The number of carbonyl (C=O) groups is 2. The lowest BCUT2D eigenvalue weighted by Crippen LogP contribution is -2.37. The SMILES string of the molecule is CCSC(=O)C(NC(=O)OC(C)(C)C)c1cccs1. The van der Waals surface area contributed by atoms with E-state index < -0.39 is 17.7 Å². The van der Waals surface area contributed by atoms with E-state index in [1.807, 2.05) is 24.4 Å². The summed E-state index contributed by atoms with van der Waals surface area (Å²) in [5.74, 6) is 0.677. The molecule has 1 aromatic rings. The molecule has 0 aliphatic rings. The number of amides is 1. The maximum absolute atomic E-state index is 12.0. The third-order valence-corrected chi connectivity index (χ3v) is 3.76. The van der Waals surface area contributed by atoms with E-state index in [1.165, 1.54) is 23.1 Å². The van der Waals surface area contributed by atoms with Crippen LogP contribution in [0.5, 0.6) is 0 Å². The number of thioether (sulfide) groups is 1. The minimum absolute atomic E-state index is 0.0733. The fourth-order valence-corrected chi connectivity index (χ4v) is 2.84. The molecule has 1 atom stereocenters. The van der Waals surface area contributed by atoms with Crippen LogP contribution in [0, 0.1) is 0 Å². The van der Waals surface area contributed by atoms with Crippen molar-refractivity contribution in [3.8, 4) is 0 Å². The van der Waals surface area contributed by atoms with E-state index in [2.05, 4.69) is 5.32 Å². The molecule has 0 saturated carbocycles. The summed E-state index contributed by atoms with van der Waals surface area (Å²) in [5, 5.41) is 4.44. The van der Waals surface area contributed by atoms with Gasteiger partial charge in [-0.25, -0.2) is 4.79 Å². The first-order chi connectivity index (χ1) is 8.83. The van der Waals surface area contributed by atoms with Crippen molar-refractivity contribution in [3.05, 3.63) is 22.4 Å². The number of alkyl carbamates (subject to hydrolysis) is 1. The summed E-state index contributed by atoms with van der Waals surface area (Å²) in [5.41, 5.74) is -0.578. The number of thiophene rings is 1. The van der Waals surface area contributed by atoms with Gasteiger partial charge in [-0.3, -0.25) is 4.79 Å². The van der Waals surface area contributed by atoms with Crippen molar-refractivity contribution in [1.82, 2.24) is 5.32 Å². The van der Waals surface area contributed by atoms with Crippen LogP contribution in [0.25, 0.3) is 0 Å². The highest BCUT2D eigenvalue weighted by atomic mass is 32.2. The molecule has 0 aromatic carbocycles. The van der Waals surface area contributed by atoms with Crippen LogP contribution in [-0.4, -0.2) is 22.6 Å². The van der Waals surface area contributed by atoms with Gasteiger partial charge in [0.05, 0.1) is 0 Å². The predicted octanol–water partition coefficient (Wildman–Crippen LogP) is 3.59. The zero-order valence-corrected chi connectivity index (χ0v) is 13.2. The molecule has 0 radical (unpaired) electrons. The van der Waals surface area contributed by atoms with Crippen molar-refractivity contribution < 1.29 is 14.3 Å². The van der Waals surface area contributed by atoms with Crippen LogP contribution in [0.4, 0.5) is 4.79 Å². The van der Waals surface area contributed by atoms with Gasteiger partial charge in [0, 0.05) is 4.88 Å². The highest BCUT2D eigenvalue weighted by Gasteiger charge is 2.26. The summed E-state index contributed by atoms with van der Waals surface area (Å²) in [7, 11) is 0. The lowest BCUT2D eigenvalue weighted by Gasteiger charge is -2.22. The maximum Gasteiger partial charge on any atom is 0.408 e. The van der Waals surface area contributed by atoms with Gasteiger partial charge in [0.1, 0.15) is 11.6 Å². The van der Waals surface area contributed by atoms with Crippen molar-refractivity contribution in [2.45, 2.75) is 39.3 Å². The largest absolute Gasteiger partial charge is 0.444 e. The highest BCUT2D eigenvalue weighted by molar-refractivity contribution is 8.13. The van der Waals surface area contributed by atoms with Gasteiger partial charge in [-0.15, -0.1) is 11.3 Å². The van der Waals surface area contributed by atoms with Crippen molar-refractivity contribution >= 4 is 34.3 Å². The molecule has 106 valence electrons. The Kier molecular flexibility index (Phi) is 5.87. The molecular weight excluding hydrogens is 282 g/mol. The Morgan fingerprint density at radius 3 is 2.63 bits per heavy atom. The van der Waals surface area contributed by atoms with Gasteiger partial charge in [0.25, 0.3) is 0 Å². The molecule has 0 aliphatic carbocycles. The molecule has 0 spiro atoms. The standard InChI is InChI=1S/C13H19NO3S2/c1-5-18-11(15)10(9-7-6-8-19-9)14-12(16)17-13(2,3)4/h6-8,10H,5H2,1-4H3,(H,14,16). The molecule has 4 nitrogen and oxygen atoms in total. The second kappa shape index (κ2) is 6.96. The fourth-order valence-electron chi connectivity index (χ4n) is 1.35. The average molecular weight is 301 g/mol. The molecule has 1 heterocycles. The monoisotopic (exact) mass is 301 g/mol. The second-order valence-corrected chi connectivity index (χ2v) is 7.09. The van der Waals surface area contributed by atoms with Crippen LogP contribution in [0.1, 0.15) is 38.6 Å². The summed E-state index contributed by atoms with van der Waals surface area (Å²) < 4.78 is 5.19. The Morgan fingerprint density at radius 1 is 1.47 bits per heavy atom. The van der Waals surface area contributed by atoms with E-state index in [4.69, 9.17) is 4.74 Å². The van der Waals surface area contributed by atoms with Crippen molar-refractivity contribution in [2.24, 2.45) is 0 Å². The zero-order chi connectivity index (χ0) is 14.5. The van der Waals surface area contributed by atoms with Crippen LogP contribution in [0.3, 0.4) is 0 Å².